The molecule has 0 aliphatic rings. The van der Waals surface area contributed by atoms with Crippen molar-refractivity contribution in [3.8, 4) is 5.75 Å². The third-order valence-electron chi connectivity index (χ3n) is 5.42. The Bertz CT molecular complexity index is 1150. The van der Waals surface area contributed by atoms with Gasteiger partial charge in [-0.05, 0) is 47.6 Å². The molecule has 0 aliphatic heterocycles. The fourth-order valence-electron chi connectivity index (χ4n) is 3.69. The third-order valence-corrected chi connectivity index (χ3v) is 6.40. The van der Waals surface area contributed by atoms with Crippen LogP contribution in [0.1, 0.15) is 65.2 Å². The number of amides is 1. The molecule has 0 bridgehead atoms. The first-order valence-electron chi connectivity index (χ1n) is 11.2. The Kier molecular flexibility index (Phi) is 7.22. The number of hydrogen-bond acceptors (Lipinski definition) is 5. The van der Waals surface area contributed by atoms with Crippen LogP contribution in [-0.2, 0) is 22.2 Å². The van der Waals surface area contributed by atoms with Gasteiger partial charge in [-0.3, -0.25) is 4.79 Å². The number of aromatic hydroxyl groups is 1. The molecule has 1 aromatic heterocycles. The molecule has 2 N–H and O–H groups in total. The largest absolute Gasteiger partial charge is 0.507 e. The number of phenols is 1. The molecule has 2 aromatic carbocycles. The van der Waals surface area contributed by atoms with Crippen molar-refractivity contribution in [2.75, 3.05) is 5.75 Å². The predicted molar refractivity (Wildman–Crippen MR) is 137 cm³/mol. The molecule has 7 heteroatoms. The zero-order chi connectivity index (χ0) is 24.4. The maximum Gasteiger partial charge on any atom is 0.250 e. The van der Waals surface area contributed by atoms with Crippen LogP contribution >= 0.6 is 11.8 Å². The summed E-state index contributed by atoms with van der Waals surface area (Å²) in [5, 5.41) is 15.8. The van der Waals surface area contributed by atoms with E-state index in [1.54, 1.807) is 6.21 Å². The molecule has 0 atom stereocenters. The van der Waals surface area contributed by atoms with Crippen molar-refractivity contribution in [3.05, 3.63) is 53.1 Å². The van der Waals surface area contributed by atoms with Gasteiger partial charge >= 0.3 is 0 Å². The Morgan fingerprint density at radius 2 is 1.73 bits per heavy atom. The number of carbonyl (C=O) groups excluding carboxylic acids is 1. The molecule has 0 spiro atoms. The van der Waals surface area contributed by atoms with Crippen molar-refractivity contribution in [1.82, 2.24) is 15.0 Å². The topological polar surface area (TPSA) is 79.5 Å². The van der Waals surface area contributed by atoms with Crippen LogP contribution in [0, 0.1) is 0 Å². The number of para-hydroxylation sites is 2. The number of hydrazone groups is 1. The number of benzene rings is 2. The number of fused-ring (bicyclic) bond motifs is 1. The number of nitrogens with one attached hydrogen (secondary N) is 1. The van der Waals surface area contributed by atoms with E-state index in [4.69, 9.17) is 0 Å². The lowest BCUT2D eigenvalue weighted by Gasteiger charge is -2.27. The Balaban J connectivity index is 1.72. The van der Waals surface area contributed by atoms with E-state index in [1.165, 1.54) is 11.8 Å². The van der Waals surface area contributed by atoms with Crippen LogP contribution in [0.5, 0.6) is 5.75 Å². The Morgan fingerprint density at radius 1 is 1.12 bits per heavy atom. The smallest absolute Gasteiger partial charge is 0.250 e. The summed E-state index contributed by atoms with van der Waals surface area (Å²) in [7, 11) is 0. The molecule has 0 saturated carbocycles. The normalized spacial score (nSPS) is 12.6. The quantitative estimate of drug-likeness (QED) is 0.282. The van der Waals surface area contributed by atoms with Gasteiger partial charge in [0.15, 0.2) is 5.16 Å². The van der Waals surface area contributed by atoms with E-state index in [0.29, 0.717) is 5.75 Å². The number of aromatic nitrogens is 2. The van der Waals surface area contributed by atoms with E-state index in [2.05, 4.69) is 68.5 Å². The summed E-state index contributed by atoms with van der Waals surface area (Å²) in [5.74, 6) is 0.347. The van der Waals surface area contributed by atoms with Gasteiger partial charge in [-0.2, -0.15) is 5.10 Å². The maximum atomic E-state index is 12.4. The van der Waals surface area contributed by atoms with Crippen molar-refractivity contribution in [2.24, 2.45) is 5.10 Å². The molecule has 0 unspecified atom stereocenters. The molecule has 3 aromatic rings. The minimum absolute atomic E-state index is 0.197. The van der Waals surface area contributed by atoms with Crippen LogP contribution in [0.15, 0.2) is 46.7 Å². The van der Waals surface area contributed by atoms with Gasteiger partial charge in [0, 0.05) is 17.7 Å². The van der Waals surface area contributed by atoms with Crippen LogP contribution in [0.4, 0.5) is 0 Å². The van der Waals surface area contributed by atoms with Gasteiger partial charge in [0.1, 0.15) is 5.75 Å². The van der Waals surface area contributed by atoms with Crippen LogP contribution < -0.4 is 5.43 Å². The van der Waals surface area contributed by atoms with Gasteiger partial charge in [0.25, 0.3) is 5.91 Å². The average molecular weight is 467 g/mol. The molecule has 0 aliphatic carbocycles. The van der Waals surface area contributed by atoms with E-state index in [1.807, 2.05) is 36.4 Å². The van der Waals surface area contributed by atoms with Crippen molar-refractivity contribution in [2.45, 2.75) is 71.0 Å². The summed E-state index contributed by atoms with van der Waals surface area (Å²) >= 11 is 1.40. The molecule has 176 valence electrons. The highest BCUT2D eigenvalue weighted by molar-refractivity contribution is 7.99. The van der Waals surface area contributed by atoms with E-state index >= 15 is 0 Å². The molecule has 0 radical (unpaired) electrons. The summed E-state index contributed by atoms with van der Waals surface area (Å²) in [6.45, 7) is 15.3. The number of hydrogen-bond donors (Lipinski definition) is 2. The summed E-state index contributed by atoms with van der Waals surface area (Å²) < 4.78 is 2.11. The molecule has 1 amide bonds. The number of aryl methyl sites for hydroxylation is 1. The van der Waals surface area contributed by atoms with Crippen LogP contribution in [0.25, 0.3) is 11.0 Å². The third kappa shape index (κ3) is 5.77. The van der Waals surface area contributed by atoms with Gasteiger partial charge in [0.2, 0.25) is 0 Å². The highest BCUT2D eigenvalue weighted by Crippen LogP contribution is 2.39. The van der Waals surface area contributed by atoms with Crippen molar-refractivity contribution >= 4 is 34.9 Å². The summed E-state index contributed by atoms with van der Waals surface area (Å²) in [6.07, 6.45) is 1.63. The van der Waals surface area contributed by atoms with Gasteiger partial charge in [-0.1, -0.05) is 65.4 Å². The first-order chi connectivity index (χ1) is 15.4. The molecule has 3 rings (SSSR count). The summed E-state index contributed by atoms with van der Waals surface area (Å²) in [5.41, 5.74) is 6.71. The van der Waals surface area contributed by atoms with Crippen molar-refractivity contribution in [1.29, 1.82) is 0 Å². The lowest BCUT2D eigenvalue weighted by Crippen LogP contribution is -2.20. The number of thioether (sulfide) groups is 1. The van der Waals surface area contributed by atoms with Crippen LogP contribution in [0.3, 0.4) is 0 Å². The van der Waals surface area contributed by atoms with E-state index in [0.717, 1.165) is 39.4 Å². The fourth-order valence-corrected chi connectivity index (χ4v) is 4.56. The fraction of sp³-hybridized carbons (Fsp3) is 0.423. The van der Waals surface area contributed by atoms with E-state index < -0.39 is 0 Å². The van der Waals surface area contributed by atoms with Gasteiger partial charge < -0.3 is 9.67 Å². The summed E-state index contributed by atoms with van der Waals surface area (Å²) in [6, 6.07) is 11.8. The highest BCUT2D eigenvalue weighted by Gasteiger charge is 2.26. The minimum atomic E-state index is -0.224. The van der Waals surface area contributed by atoms with Crippen molar-refractivity contribution < 1.29 is 9.90 Å². The molecular weight excluding hydrogens is 432 g/mol. The first kappa shape index (κ1) is 24.8. The molecule has 0 saturated heterocycles. The van der Waals surface area contributed by atoms with Gasteiger partial charge in [0.05, 0.1) is 23.0 Å². The molecule has 1 heterocycles. The average Bonchev–Trinajstić information content (AvgIpc) is 3.09. The van der Waals surface area contributed by atoms with Gasteiger partial charge in [-0.25, -0.2) is 10.4 Å². The number of carbonyl (C=O) groups is 1. The lowest BCUT2D eigenvalue weighted by molar-refractivity contribution is -0.118. The van der Waals surface area contributed by atoms with Crippen molar-refractivity contribution in [3.63, 3.8) is 0 Å². The zero-order valence-electron chi connectivity index (χ0n) is 20.6. The minimum Gasteiger partial charge on any atom is -0.507 e. The second-order valence-electron chi connectivity index (χ2n) is 10.2. The zero-order valence-corrected chi connectivity index (χ0v) is 21.4. The SMILES string of the molecule is CCn1c(SCC(=O)NN=Cc2cc(C(C)(C)C)c(O)c(C(C)(C)C)c2)nc2ccccc21. The number of rotatable bonds is 6. The number of phenolic OH excluding ortho intramolecular Hbond substituents is 1. The Morgan fingerprint density at radius 3 is 2.30 bits per heavy atom. The lowest BCUT2D eigenvalue weighted by atomic mass is 9.78. The van der Waals surface area contributed by atoms with Crippen LogP contribution in [0.2, 0.25) is 0 Å². The maximum absolute atomic E-state index is 12.4. The summed E-state index contributed by atoms with van der Waals surface area (Å²) in [4.78, 5) is 17.0. The van der Waals surface area contributed by atoms with Crippen LogP contribution in [-0.4, -0.2) is 32.5 Å². The number of nitrogens with zero attached hydrogens (tertiary/aromatic N) is 3. The van der Waals surface area contributed by atoms with Gasteiger partial charge in [-0.15, -0.1) is 0 Å². The predicted octanol–water partition coefficient (Wildman–Crippen LogP) is 5.60. The standard InChI is InChI=1S/C26H34N4O2S/c1-8-30-21-12-10-9-11-20(21)28-24(30)33-16-22(31)29-27-15-17-13-18(25(2,3)4)23(32)19(14-17)26(5,6)7/h9-15,32H,8,16H2,1-7H3,(H,29,31). The Hall–Kier alpha value is -2.80. The highest BCUT2D eigenvalue weighted by atomic mass is 32.2. The monoisotopic (exact) mass is 466 g/mol. The second kappa shape index (κ2) is 9.59. The molecule has 6 nitrogen and oxygen atoms in total. The molecular formula is C26H34N4O2S. The molecule has 0 fully saturated rings. The second-order valence-corrected chi connectivity index (χ2v) is 11.1. The van der Waals surface area contributed by atoms with E-state index in [-0.39, 0.29) is 22.5 Å². The molecule has 33 heavy (non-hydrogen) atoms. The first-order valence-corrected chi connectivity index (χ1v) is 12.2. The van der Waals surface area contributed by atoms with E-state index in [9.17, 15) is 9.90 Å². The number of imidazole rings is 1. The Labute approximate surface area is 200 Å².